The summed E-state index contributed by atoms with van der Waals surface area (Å²) < 4.78 is 0. The topological polar surface area (TPSA) is 35.6 Å². The van der Waals surface area contributed by atoms with Crippen LogP contribution in [0.4, 0.5) is 0 Å². The summed E-state index contributed by atoms with van der Waals surface area (Å²) in [6.45, 7) is 11.8. The minimum atomic E-state index is 0.149. The molecular weight excluding hydrogens is 322 g/mol. The molecule has 1 aromatic carbocycles. The molecule has 0 saturated carbocycles. The highest BCUT2D eigenvalue weighted by Gasteiger charge is 2.31. The van der Waals surface area contributed by atoms with Crippen LogP contribution in [0, 0.1) is 12.8 Å². The van der Waals surface area contributed by atoms with Crippen LogP contribution < -0.4 is 5.32 Å². The molecule has 3 rings (SSSR count). The van der Waals surface area contributed by atoms with Crippen LogP contribution in [0.2, 0.25) is 0 Å². The van der Waals surface area contributed by atoms with Crippen LogP contribution in [0.5, 0.6) is 0 Å². The Morgan fingerprint density at radius 1 is 1.15 bits per heavy atom. The van der Waals surface area contributed by atoms with E-state index in [2.05, 4.69) is 48.0 Å². The maximum Gasteiger partial charge on any atom is 0.224 e. The summed E-state index contributed by atoms with van der Waals surface area (Å²) in [5.41, 5.74) is 2.46. The van der Waals surface area contributed by atoms with Gasteiger partial charge in [0.15, 0.2) is 0 Å². The van der Waals surface area contributed by atoms with Gasteiger partial charge in [-0.05, 0) is 77.2 Å². The largest absolute Gasteiger partial charge is 0.352 e. The molecule has 1 N–H and O–H groups in total. The van der Waals surface area contributed by atoms with E-state index in [1.165, 1.54) is 37.1 Å². The van der Waals surface area contributed by atoms with Crippen molar-refractivity contribution in [3.05, 3.63) is 35.4 Å². The second kappa shape index (κ2) is 9.01. The van der Waals surface area contributed by atoms with E-state index in [0.717, 1.165) is 25.9 Å². The molecule has 2 fully saturated rings. The number of aryl methyl sites for hydroxylation is 1. The second-order valence-corrected chi connectivity index (χ2v) is 8.34. The fraction of sp³-hybridized carbons (Fsp3) is 0.682. The predicted octanol–water partition coefficient (Wildman–Crippen LogP) is 3.20. The van der Waals surface area contributed by atoms with Gasteiger partial charge in [0.25, 0.3) is 0 Å². The van der Waals surface area contributed by atoms with Crippen LogP contribution in [-0.2, 0) is 11.3 Å². The molecule has 26 heavy (non-hydrogen) atoms. The Kier molecular flexibility index (Phi) is 6.71. The molecule has 2 aliphatic heterocycles. The Morgan fingerprint density at radius 3 is 2.58 bits per heavy atom. The molecule has 4 nitrogen and oxygen atoms in total. The van der Waals surface area contributed by atoms with E-state index in [-0.39, 0.29) is 11.8 Å². The lowest BCUT2D eigenvalue weighted by Gasteiger charge is -2.43. The molecule has 0 aliphatic carbocycles. The lowest BCUT2D eigenvalue weighted by atomic mass is 9.93. The molecule has 1 unspecified atom stereocenters. The summed E-state index contributed by atoms with van der Waals surface area (Å²) in [7, 11) is 0. The predicted molar refractivity (Wildman–Crippen MR) is 107 cm³/mol. The van der Waals surface area contributed by atoms with E-state index >= 15 is 0 Å². The maximum atomic E-state index is 12.7. The number of likely N-dealkylation sites (tertiary alicyclic amines) is 2. The molecule has 144 valence electrons. The number of amides is 1. The number of nitrogens with one attached hydrogen (secondary N) is 1. The fourth-order valence-electron chi connectivity index (χ4n) is 4.45. The number of hydrogen-bond donors (Lipinski definition) is 1. The number of hydrogen-bond acceptors (Lipinski definition) is 3. The monoisotopic (exact) mass is 357 g/mol. The average Bonchev–Trinajstić information content (AvgIpc) is 2.67. The number of nitrogens with zero attached hydrogens (tertiary/aromatic N) is 2. The van der Waals surface area contributed by atoms with Crippen LogP contribution in [0.25, 0.3) is 0 Å². The number of piperidine rings is 2. The first-order chi connectivity index (χ1) is 12.5. The van der Waals surface area contributed by atoms with Gasteiger partial charge in [0.2, 0.25) is 5.91 Å². The number of benzene rings is 1. The highest BCUT2D eigenvalue weighted by Crippen LogP contribution is 2.24. The van der Waals surface area contributed by atoms with Gasteiger partial charge < -0.3 is 10.2 Å². The highest BCUT2D eigenvalue weighted by molar-refractivity contribution is 5.79. The molecular formula is C22H35N3O. The standard InChI is InChI=1S/C22H35N3O/c1-17(2)24-13-10-21(11-14-24)25-12-6-9-20(16-25)22(26)23-15-19-8-5-4-7-18(19)3/h4-5,7-8,17,20-21H,6,9-16H2,1-3H3,(H,23,26). The zero-order valence-corrected chi connectivity index (χ0v) is 16.7. The maximum absolute atomic E-state index is 12.7. The normalized spacial score (nSPS) is 23.3. The van der Waals surface area contributed by atoms with Crippen molar-refractivity contribution in [2.24, 2.45) is 5.92 Å². The lowest BCUT2D eigenvalue weighted by Crippen LogP contribution is -2.51. The quantitative estimate of drug-likeness (QED) is 0.879. The highest BCUT2D eigenvalue weighted by atomic mass is 16.1. The SMILES string of the molecule is Cc1ccccc1CNC(=O)C1CCCN(C2CCN(C(C)C)CC2)C1. The molecule has 2 aliphatic rings. The summed E-state index contributed by atoms with van der Waals surface area (Å²) in [5.74, 6) is 0.383. The van der Waals surface area contributed by atoms with E-state index in [4.69, 9.17) is 0 Å². The summed E-state index contributed by atoms with van der Waals surface area (Å²) in [6, 6.07) is 9.61. The van der Waals surface area contributed by atoms with Crippen LogP contribution in [-0.4, -0.2) is 54.0 Å². The molecule has 0 aromatic heterocycles. The van der Waals surface area contributed by atoms with Gasteiger partial charge in [-0.25, -0.2) is 0 Å². The van der Waals surface area contributed by atoms with Crippen molar-refractivity contribution in [1.82, 2.24) is 15.1 Å². The molecule has 4 heteroatoms. The Labute approximate surface area is 158 Å². The van der Waals surface area contributed by atoms with Crippen molar-refractivity contribution in [1.29, 1.82) is 0 Å². The first-order valence-corrected chi connectivity index (χ1v) is 10.3. The summed E-state index contributed by atoms with van der Waals surface area (Å²) in [5, 5.41) is 3.18. The lowest BCUT2D eigenvalue weighted by molar-refractivity contribution is -0.127. The van der Waals surface area contributed by atoms with Crippen molar-refractivity contribution in [2.45, 2.75) is 65.1 Å². The molecule has 1 amide bonds. The molecule has 2 heterocycles. The molecule has 1 aromatic rings. The zero-order valence-electron chi connectivity index (χ0n) is 16.7. The van der Waals surface area contributed by atoms with Gasteiger partial charge in [0.05, 0.1) is 5.92 Å². The van der Waals surface area contributed by atoms with Gasteiger partial charge in [0, 0.05) is 25.2 Å². The van der Waals surface area contributed by atoms with Crippen molar-refractivity contribution >= 4 is 5.91 Å². The van der Waals surface area contributed by atoms with E-state index in [9.17, 15) is 4.79 Å². The minimum absolute atomic E-state index is 0.149. The Hall–Kier alpha value is -1.39. The minimum Gasteiger partial charge on any atom is -0.352 e. The first kappa shape index (κ1) is 19.4. The van der Waals surface area contributed by atoms with E-state index in [1.807, 2.05) is 12.1 Å². The summed E-state index contributed by atoms with van der Waals surface area (Å²) in [6.07, 6.45) is 4.67. The van der Waals surface area contributed by atoms with Gasteiger partial charge >= 0.3 is 0 Å². The number of carbonyl (C=O) groups is 1. The van der Waals surface area contributed by atoms with Crippen molar-refractivity contribution in [2.75, 3.05) is 26.2 Å². The van der Waals surface area contributed by atoms with Crippen LogP contribution in [0.15, 0.2) is 24.3 Å². The van der Waals surface area contributed by atoms with Gasteiger partial charge in [0.1, 0.15) is 0 Å². The molecule has 0 radical (unpaired) electrons. The van der Waals surface area contributed by atoms with Crippen molar-refractivity contribution < 1.29 is 4.79 Å². The number of carbonyl (C=O) groups excluding carboxylic acids is 1. The van der Waals surface area contributed by atoms with Crippen LogP contribution in [0.1, 0.15) is 50.7 Å². The Bertz CT molecular complexity index is 593. The Morgan fingerprint density at radius 2 is 1.88 bits per heavy atom. The van der Waals surface area contributed by atoms with E-state index in [1.54, 1.807) is 0 Å². The average molecular weight is 358 g/mol. The molecule has 0 bridgehead atoms. The molecule has 1 atom stereocenters. The van der Waals surface area contributed by atoms with Gasteiger partial charge in [-0.3, -0.25) is 9.69 Å². The van der Waals surface area contributed by atoms with Crippen LogP contribution in [0.3, 0.4) is 0 Å². The third kappa shape index (κ3) is 4.86. The van der Waals surface area contributed by atoms with Gasteiger partial charge in [-0.15, -0.1) is 0 Å². The summed E-state index contributed by atoms with van der Waals surface area (Å²) in [4.78, 5) is 17.9. The van der Waals surface area contributed by atoms with Crippen molar-refractivity contribution in [3.8, 4) is 0 Å². The molecule has 2 saturated heterocycles. The third-order valence-electron chi connectivity index (χ3n) is 6.28. The smallest absolute Gasteiger partial charge is 0.224 e. The zero-order chi connectivity index (χ0) is 18.5. The molecule has 0 spiro atoms. The van der Waals surface area contributed by atoms with E-state index < -0.39 is 0 Å². The second-order valence-electron chi connectivity index (χ2n) is 8.34. The fourth-order valence-corrected chi connectivity index (χ4v) is 4.45. The van der Waals surface area contributed by atoms with Crippen LogP contribution >= 0.6 is 0 Å². The van der Waals surface area contributed by atoms with E-state index in [0.29, 0.717) is 18.6 Å². The summed E-state index contributed by atoms with van der Waals surface area (Å²) >= 11 is 0. The van der Waals surface area contributed by atoms with Gasteiger partial charge in [-0.1, -0.05) is 24.3 Å². The first-order valence-electron chi connectivity index (χ1n) is 10.3. The number of rotatable bonds is 5. The Balaban J connectivity index is 1.49. The third-order valence-corrected chi connectivity index (χ3v) is 6.28. The van der Waals surface area contributed by atoms with Crippen molar-refractivity contribution in [3.63, 3.8) is 0 Å². The van der Waals surface area contributed by atoms with Gasteiger partial charge in [-0.2, -0.15) is 0 Å².